The van der Waals surface area contributed by atoms with Crippen molar-refractivity contribution in [1.82, 2.24) is 0 Å². The molecule has 0 aliphatic carbocycles. The van der Waals surface area contributed by atoms with Crippen LogP contribution in [0.25, 0.3) is 0 Å². The summed E-state index contributed by atoms with van der Waals surface area (Å²) in [6.45, 7) is 12.2. The number of rotatable bonds is 4. The van der Waals surface area contributed by atoms with Crippen LogP contribution >= 0.6 is 0 Å². The molecule has 0 aromatic carbocycles. The zero-order chi connectivity index (χ0) is 10.3. The van der Waals surface area contributed by atoms with Crippen LogP contribution in [0.1, 0.15) is 34.1 Å². The maximum atomic E-state index is 3.74. The van der Waals surface area contributed by atoms with Crippen molar-refractivity contribution in [1.29, 1.82) is 0 Å². The molecule has 72 valence electrons. The molecule has 0 saturated heterocycles. The summed E-state index contributed by atoms with van der Waals surface area (Å²) in [6.07, 6.45) is 9.27. The summed E-state index contributed by atoms with van der Waals surface area (Å²) >= 11 is 0. The Labute approximate surface area is 82.4 Å². The van der Waals surface area contributed by atoms with Crippen molar-refractivity contribution >= 4 is 0 Å². The summed E-state index contributed by atoms with van der Waals surface area (Å²) in [5.74, 6) is 0. The Morgan fingerprint density at radius 1 is 1.23 bits per heavy atom. The van der Waals surface area contributed by atoms with Gasteiger partial charge in [-0.1, -0.05) is 29.9 Å². The van der Waals surface area contributed by atoms with Crippen LogP contribution in [0.3, 0.4) is 0 Å². The van der Waals surface area contributed by atoms with E-state index in [1.165, 1.54) is 16.7 Å². The second-order valence-electron chi connectivity index (χ2n) is 3.14. The summed E-state index contributed by atoms with van der Waals surface area (Å²) in [4.78, 5) is 0. The van der Waals surface area contributed by atoms with Gasteiger partial charge in [-0.2, -0.15) is 0 Å². The molecule has 0 amide bonds. The van der Waals surface area contributed by atoms with E-state index >= 15 is 0 Å². The van der Waals surface area contributed by atoms with Crippen molar-refractivity contribution in [3.8, 4) is 0 Å². The van der Waals surface area contributed by atoms with Crippen LogP contribution < -0.4 is 0 Å². The molecule has 0 unspecified atom stereocenters. The van der Waals surface area contributed by atoms with Gasteiger partial charge in [0.1, 0.15) is 0 Å². The fraction of sp³-hybridized carbons (Fsp3) is 0.385. The lowest BCUT2D eigenvalue weighted by molar-refractivity contribution is 1.15. The van der Waals surface area contributed by atoms with Gasteiger partial charge in [0.15, 0.2) is 0 Å². The number of hydrogen-bond acceptors (Lipinski definition) is 0. The van der Waals surface area contributed by atoms with E-state index in [9.17, 15) is 0 Å². The molecule has 13 heavy (non-hydrogen) atoms. The number of allylic oxidation sites excluding steroid dienone is 7. The Balaban J connectivity index is 4.81. The van der Waals surface area contributed by atoms with Crippen LogP contribution in [0, 0.1) is 0 Å². The molecule has 0 aromatic rings. The smallest absolute Gasteiger partial charge is 0.0138 e. The second-order valence-corrected chi connectivity index (χ2v) is 3.14. The fourth-order valence-corrected chi connectivity index (χ4v) is 1.23. The molecule has 0 nitrogen and oxygen atoms in total. The van der Waals surface area contributed by atoms with Gasteiger partial charge in [-0.15, -0.1) is 6.58 Å². The van der Waals surface area contributed by atoms with Crippen LogP contribution in [0.4, 0.5) is 0 Å². The third-order valence-electron chi connectivity index (χ3n) is 2.18. The summed E-state index contributed by atoms with van der Waals surface area (Å²) in [7, 11) is 0. The molecular weight excluding hydrogens is 156 g/mol. The van der Waals surface area contributed by atoms with Crippen LogP contribution in [0.2, 0.25) is 0 Å². The molecule has 0 heterocycles. The predicted octanol–water partition coefficient (Wildman–Crippen LogP) is 4.42. The molecule has 0 atom stereocenters. The minimum Gasteiger partial charge on any atom is -0.103 e. The van der Waals surface area contributed by atoms with Crippen LogP contribution in [-0.2, 0) is 0 Å². The van der Waals surface area contributed by atoms with Crippen LogP contribution in [-0.4, -0.2) is 0 Å². The Morgan fingerprint density at radius 2 is 1.85 bits per heavy atom. The van der Waals surface area contributed by atoms with Gasteiger partial charge in [0.05, 0.1) is 0 Å². The molecule has 0 heteroatoms. The summed E-state index contributed by atoms with van der Waals surface area (Å²) in [6, 6.07) is 0. The van der Waals surface area contributed by atoms with Crippen molar-refractivity contribution in [3.05, 3.63) is 47.6 Å². The van der Waals surface area contributed by atoms with E-state index in [-0.39, 0.29) is 0 Å². The van der Waals surface area contributed by atoms with Crippen molar-refractivity contribution in [2.24, 2.45) is 0 Å². The van der Waals surface area contributed by atoms with Crippen molar-refractivity contribution < 1.29 is 0 Å². The summed E-state index contributed by atoms with van der Waals surface area (Å²) in [5.41, 5.74) is 4.06. The maximum absolute atomic E-state index is 3.74. The van der Waals surface area contributed by atoms with E-state index in [0.29, 0.717) is 0 Å². The van der Waals surface area contributed by atoms with Gasteiger partial charge in [0.25, 0.3) is 0 Å². The highest BCUT2D eigenvalue weighted by atomic mass is 14.0. The first-order valence-corrected chi connectivity index (χ1v) is 4.74. The Bertz CT molecular complexity index is 249. The van der Waals surface area contributed by atoms with Gasteiger partial charge in [-0.25, -0.2) is 0 Å². The fourth-order valence-electron chi connectivity index (χ4n) is 1.23. The molecule has 0 aliphatic rings. The van der Waals surface area contributed by atoms with E-state index in [0.717, 1.165) is 6.42 Å². The van der Waals surface area contributed by atoms with Gasteiger partial charge in [-0.05, 0) is 45.3 Å². The lowest BCUT2D eigenvalue weighted by Crippen LogP contribution is -1.86. The third-order valence-corrected chi connectivity index (χ3v) is 2.18. The van der Waals surface area contributed by atoms with E-state index in [2.05, 4.69) is 45.6 Å². The minimum atomic E-state index is 0.973. The monoisotopic (exact) mass is 176 g/mol. The highest BCUT2D eigenvalue weighted by Gasteiger charge is 1.97. The zero-order valence-electron chi connectivity index (χ0n) is 9.22. The molecular formula is C13H20. The molecule has 0 spiro atoms. The topological polar surface area (TPSA) is 0 Å². The molecule has 0 aromatic heterocycles. The molecule has 0 fully saturated rings. The molecule has 0 saturated carbocycles. The lowest BCUT2D eigenvalue weighted by Gasteiger charge is -2.06. The van der Waals surface area contributed by atoms with Gasteiger partial charge < -0.3 is 0 Å². The van der Waals surface area contributed by atoms with Crippen LogP contribution in [0.5, 0.6) is 0 Å². The average Bonchev–Trinajstić information content (AvgIpc) is 2.13. The highest BCUT2D eigenvalue weighted by molar-refractivity contribution is 5.40. The SMILES string of the molecule is C=CCC(C)=C(C)C(C=CC)=CC. The Morgan fingerprint density at radius 3 is 2.23 bits per heavy atom. The normalized spacial score (nSPS) is 14.6. The molecule has 0 N–H and O–H groups in total. The molecule has 0 radical (unpaired) electrons. The van der Waals surface area contributed by atoms with Gasteiger partial charge in [0.2, 0.25) is 0 Å². The van der Waals surface area contributed by atoms with E-state index in [4.69, 9.17) is 0 Å². The quantitative estimate of drug-likeness (QED) is 0.439. The van der Waals surface area contributed by atoms with Gasteiger partial charge >= 0.3 is 0 Å². The van der Waals surface area contributed by atoms with Crippen LogP contribution in [0.15, 0.2) is 47.6 Å². The van der Waals surface area contributed by atoms with Crippen molar-refractivity contribution in [2.75, 3.05) is 0 Å². The zero-order valence-corrected chi connectivity index (χ0v) is 9.22. The first kappa shape index (κ1) is 12.0. The Hall–Kier alpha value is -1.04. The van der Waals surface area contributed by atoms with E-state index in [1.54, 1.807) is 0 Å². The maximum Gasteiger partial charge on any atom is -0.0138 e. The highest BCUT2D eigenvalue weighted by Crippen LogP contribution is 2.17. The summed E-state index contributed by atoms with van der Waals surface area (Å²) < 4.78 is 0. The molecule has 0 bridgehead atoms. The minimum absolute atomic E-state index is 0.973. The van der Waals surface area contributed by atoms with Crippen molar-refractivity contribution in [2.45, 2.75) is 34.1 Å². The lowest BCUT2D eigenvalue weighted by atomic mass is 10.00. The van der Waals surface area contributed by atoms with Gasteiger partial charge in [0, 0.05) is 0 Å². The van der Waals surface area contributed by atoms with E-state index < -0.39 is 0 Å². The second kappa shape index (κ2) is 6.47. The average molecular weight is 176 g/mol. The largest absolute Gasteiger partial charge is 0.103 e. The van der Waals surface area contributed by atoms with Gasteiger partial charge in [-0.3, -0.25) is 0 Å². The first-order valence-electron chi connectivity index (χ1n) is 4.74. The molecule has 0 rings (SSSR count). The standard InChI is InChI=1S/C13H20/c1-6-9-11(4)12(5)13(8-3)10-7-2/h6-8,10H,1,9H2,2-5H3. The first-order chi connectivity index (χ1) is 6.17. The van der Waals surface area contributed by atoms with E-state index in [1.807, 2.05) is 13.0 Å². The summed E-state index contributed by atoms with van der Waals surface area (Å²) in [5, 5.41) is 0. The van der Waals surface area contributed by atoms with Crippen molar-refractivity contribution in [3.63, 3.8) is 0 Å². The predicted molar refractivity (Wildman–Crippen MR) is 61.8 cm³/mol. The number of hydrogen-bond donors (Lipinski definition) is 0. The Kier molecular flexibility index (Phi) is 5.96. The molecule has 0 aliphatic heterocycles. The third kappa shape index (κ3) is 3.93.